The van der Waals surface area contributed by atoms with Gasteiger partial charge in [-0.3, -0.25) is 9.20 Å². The Labute approximate surface area is 192 Å². The Balaban J connectivity index is 1.79. The van der Waals surface area contributed by atoms with Gasteiger partial charge in [0, 0.05) is 16.6 Å². The number of benzene rings is 3. The van der Waals surface area contributed by atoms with Crippen molar-refractivity contribution in [1.29, 1.82) is 0 Å². The third-order valence-corrected chi connectivity index (χ3v) is 11.4. The van der Waals surface area contributed by atoms with Gasteiger partial charge in [-0.2, -0.15) is 0 Å². The highest BCUT2D eigenvalue weighted by atomic mass is 32.1. The number of fused-ring (bicyclic) bond motifs is 1. The van der Waals surface area contributed by atoms with Crippen LogP contribution >= 0.6 is 18.6 Å². The van der Waals surface area contributed by atoms with Crippen molar-refractivity contribution in [3.8, 4) is 0 Å². The normalized spacial score (nSPS) is 11.7. The zero-order valence-corrected chi connectivity index (χ0v) is 19.8. The Morgan fingerprint density at radius 2 is 1.25 bits per heavy atom. The van der Waals surface area contributed by atoms with Crippen LogP contribution < -0.4 is 21.5 Å². The number of hydrogen-bond acceptors (Lipinski definition) is 3. The molecule has 0 bridgehead atoms. The topological polar surface area (TPSA) is 34.4 Å². The molecule has 32 heavy (non-hydrogen) atoms. The Kier molecular flexibility index (Phi) is 5.50. The lowest BCUT2D eigenvalue weighted by Crippen LogP contribution is -2.33. The summed E-state index contributed by atoms with van der Waals surface area (Å²) in [6.07, 6.45) is 0.701. The number of hydrogen-bond donors (Lipinski definition) is 0. The molecule has 0 aliphatic rings. The van der Waals surface area contributed by atoms with E-state index >= 15 is 0 Å². The molecular weight excluding hydrogens is 431 g/mol. The van der Waals surface area contributed by atoms with Gasteiger partial charge in [0.1, 0.15) is 29.3 Å². The molecule has 0 unspecified atom stereocenters. The number of rotatable bonds is 5. The number of nitrogens with zero attached hydrogens (tertiary/aromatic N) is 2. The second-order valence-electron chi connectivity index (χ2n) is 7.92. The highest BCUT2D eigenvalue weighted by Gasteiger charge is 2.46. The maximum atomic E-state index is 13.1. The molecule has 2 aromatic heterocycles. The van der Waals surface area contributed by atoms with Crippen LogP contribution in [0.3, 0.4) is 0 Å². The maximum Gasteiger partial charge on any atom is 0.259 e. The molecule has 2 heterocycles. The Hall–Kier alpha value is -3.07. The van der Waals surface area contributed by atoms with Gasteiger partial charge in [0.25, 0.3) is 5.56 Å². The molecule has 3 nitrogen and oxygen atoms in total. The molecule has 5 heteroatoms. The lowest BCUT2D eigenvalue weighted by Gasteiger charge is -2.27. The second-order valence-corrected chi connectivity index (χ2v) is 12.6. The van der Waals surface area contributed by atoms with Crippen molar-refractivity contribution in [3.63, 3.8) is 0 Å². The number of aromatic nitrogens is 2. The van der Waals surface area contributed by atoms with E-state index in [-0.39, 0.29) is 5.56 Å². The van der Waals surface area contributed by atoms with Gasteiger partial charge in [0.2, 0.25) is 0 Å². The van der Waals surface area contributed by atoms with Crippen LogP contribution in [-0.4, -0.2) is 9.38 Å². The van der Waals surface area contributed by atoms with Gasteiger partial charge in [-0.1, -0.05) is 54.6 Å². The molecule has 5 rings (SSSR count). The van der Waals surface area contributed by atoms with Crippen molar-refractivity contribution >= 4 is 39.5 Å². The highest BCUT2D eigenvalue weighted by molar-refractivity contribution is 7.95. The summed E-state index contributed by atoms with van der Waals surface area (Å²) in [5.74, 6) is 0. The average molecular weight is 456 g/mol. The quantitative estimate of drug-likeness (QED) is 0.355. The van der Waals surface area contributed by atoms with Crippen molar-refractivity contribution in [2.24, 2.45) is 0 Å². The largest absolute Gasteiger partial charge is 0.269 e. The van der Waals surface area contributed by atoms with Gasteiger partial charge in [-0.25, -0.2) is 4.98 Å². The van der Waals surface area contributed by atoms with Crippen molar-refractivity contribution in [1.82, 2.24) is 9.38 Å². The molecule has 0 spiro atoms. The summed E-state index contributed by atoms with van der Waals surface area (Å²) in [4.78, 5) is 20.0. The molecule has 5 aromatic rings. The summed E-state index contributed by atoms with van der Waals surface area (Å²) in [5.41, 5.74) is 1.82. The number of aryl methyl sites for hydroxylation is 2. The van der Waals surface area contributed by atoms with Crippen LogP contribution in [0.2, 0.25) is 0 Å². The van der Waals surface area contributed by atoms with Crippen LogP contribution in [0.15, 0.2) is 102 Å². The highest BCUT2D eigenvalue weighted by Crippen LogP contribution is 2.57. The van der Waals surface area contributed by atoms with Gasteiger partial charge in [-0.05, 0) is 50.2 Å². The fourth-order valence-corrected chi connectivity index (χ4v) is 9.47. The van der Waals surface area contributed by atoms with Crippen molar-refractivity contribution in [2.45, 2.75) is 20.0 Å². The minimum Gasteiger partial charge on any atom is -0.269 e. The van der Waals surface area contributed by atoms with E-state index in [4.69, 9.17) is 4.98 Å². The predicted octanol–water partition coefficient (Wildman–Crippen LogP) is 4.87. The minimum absolute atomic E-state index is 0.000801. The minimum atomic E-state index is -2.08. The standard InChI is InChI=1S/C27H24N2OPS/c1-20-21(2)32-27-28-22(18-26(30)29(20)27)19-31(23-12-6-3-7-13-23,24-14-8-4-9-15-24)25-16-10-5-11-17-25/h3-18H,19H2,1-2H3/q+1. The van der Waals surface area contributed by atoms with E-state index < -0.39 is 7.26 Å². The van der Waals surface area contributed by atoms with Gasteiger partial charge in [0.15, 0.2) is 4.96 Å². The van der Waals surface area contributed by atoms with E-state index in [9.17, 15) is 4.79 Å². The first-order valence-electron chi connectivity index (χ1n) is 10.6. The molecule has 0 aliphatic carbocycles. The fourth-order valence-electron chi connectivity index (χ4n) is 4.34. The van der Waals surface area contributed by atoms with Crippen LogP contribution in [-0.2, 0) is 6.16 Å². The van der Waals surface area contributed by atoms with Crippen molar-refractivity contribution in [3.05, 3.63) is 124 Å². The smallest absolute Gasteiger partial charge is 0.259 e. The molecule has 158 valence electrons. The Bertz CT molecular complexity index is 1330. The van der Waals surface area contributed by atoms with Crippen LogP contribution in [0.4, 0.5) is 0 Å². The molecule has 0 amide bonds. The SMILES string of the molecule is Cc1sc2nc(C[P+](c3ccccc3)(c3ccccc3)c3ccccc3)cc(=O)n2c1C. The maximum absolute atomic E-state index is 13.1. The van der Waals surface area contributed by atoms with Gasteiger partial charge < -0.3 is 0 Å². The summed E-state index contributed by atoms with van der Waals surface area (Å²) in [5, 5.41) is 3.87. The molecule has 0 atom stereocenters. The lowest BCUT2D eigenvalue weighted by molar-refractivity contribution is 0.988. The first kappa shape index (κ1) is 20.8. The lowest BCUT2D eigenvalue weighted by atomic mass is 10.3. The molecule has 0 N–H and O–H groups in total. The summed E-state index contributed by atoms with van der Waals surface area (Å²) in [6.45, 7) is 4.03. The summed E-state index contributed by atoms with van der Waals surface area (Å²) in [7, 11) is -2.08. The van der Waals surface area contributed by atoms with E-state index in [2.05, 4.69) is 91.0 Å². The first-order chi connectivity index (χ1) is 15.6. The third kappa shape index (κ3) is 3.50. The van der Waals surface area contributed by atoms with Gasteiger partial charge in [-0.15, -0.1) is 11.3 Å². The predicted molar refractivity (Wildman–Crippen MR) is 138 cm³/mol. The van der Waals surface area contributed by atoms with Gasteiger partial charge >= 0.3 is 0 Å². The Morgan fingerprint density at radius 1 is 0.781 bits per heavy atom. The van der Waals surface area contributed by atoms with E-state index in [0.29, 0.717) is 6.16 Å². The number of thiazole rings is 1. The molecule has 0 saturated carbocycles. The summed E-state index contributed by atoms with van der Waals surface area (Å²) >= 11 is 1.58. The molecule has 0 fully saturated rings. The van der Waals surface area contributed by atoms with Crippen molar-refractivity contribution < 1.29 is 0 Å². The van der Waals surface area contributed by atoms with E-state index in [1.807, 2.05) is 13.8 Å². The average Bonchev–Trinajstić information content (AvgIpc) is 3.12. The molecule has 0 aliphatic heterocycles. The van der Waals surface area contributed by atoms with E-state index in [1.165, 1.54) is 15.9 Å². The van der Waals surface area contributed by atoms with Crippen LogP contribution in [0.5, 0.6) is 0 Å². The van der Waals surface area contributed by atoms with Crippen LogP contribution in [0.25, 0.3) is 4.96 Å². The molecule has 0 radical (unpaired) electrons. The van der Waals surface area contributed by atoms with E-state index in [0.717, 1.165) is 21.2 Å². The molecular formula is C27H24N2OPS+. The Morgan fingerprint density at radius 3 is 1.72 bits per heavy atom. The van der Waals surface area contributed by atoms with E-state index in [1.54, 1.807) is 21.8 Å². The van der Waals surface area contributed by atoms with Gasteiger partial charge in [0.05, 0.1) is 5.69 Å². The summed E-state index contributed by atoms with van der Waals surface area (Å²) < 4.78 is 1.73. The monoisotopic (exact) mass is 455 g/mol. The molecule has 0 saturated heterocycles. The van der Waals surface area contributed by atoms with Crippen LogP contribution in [0.1, 0.15) is 16.3 Å². The zero-order valence-electron chi connectivity index (χ0n) is 18.1. The first-order valence-corrected chi connectivity index (χ1v) is 13.4. The van der Waals surface area contributed by atoms with Crippen LogP contribution in [0, 0.1) is 13.8 Å². The molecule has 3 aromatic carbocycles. The zero-order chi connectivity index (χ0) is 22.1. The van der Waals surface area contributed by atoms with Crippen molar-refractivity contribution in [2.75, 3.05) is 0 Å². The fraction of sp³-hybridized carbons (Fsp3) is 0.111. The third-order valence-electron chi connectivity index (χ3n) is 6.02. The second kappa shape index (κ2) is 8.46. The summed E-state index contributed by atoms with van der Waals surface area (Å²) in [6, 6.07) is 33.9.